The van der Waals surface area contributed by atoms with E-state index < -0.39 is 0 Å². The third-order valence-electron chi connectivity index (χ3n) is 1.72. The minimum Gasteiger partial charge on any atom is -0.279 e. The Hall–Kier alpha value is -0.520. The minimum atomic E-state index is 0.0529. The van der Waals surface area contributed by atoms with Crippen molar-refractivity contribution in [3.63, 3.8) is 0 Å². The molecule has 5 heteroatoms. The van der Waals surface area contributed by atoms with Gasteiger partial charge in [0, 0.05) is 0 Å². The molecule has 78 valence electrons. The van der Waals surface area contributed by atoms with Crippen LogP contribution in [-0.4, -0.2) is 15.2 Å². The van der Waals surface area contributed by atoms with Crippen molar-refractivity contribution in [2.45, 2.75) is 6.92 Å². The summed E-state index contributed by atoms with van der Waals surface area (Å²) in [4.78, 5) is 15.8. The van der Waals surface area contributed by atoms with Crippen molar-refractivity contribution in [3.05, 3.63) is 28.1 Å². The number of rotatable bonds is 2. The Kier molecular flexibility index (Phi) is 3.66. The molecule has 1 aromatic rings. The fourth-order valence-corrected chi connectivity index (χ4v) is 3.45. The fraction of sp³-hybridized carbons (Fsp3) is 0.200. The lowest BCUT2D eigenvalue weighted by molar-refractivity contribution is -0.107. The van der Waals surface area contributed by atoms with Crippen LogP contribution in [-0.2, 0) is 4.79 Å². The summed E-state index contributed by atoms with van der Waals surface area (Å²) in [6.07, 6.45) is 1.84. The first-order valence-corrected chi connectivity index (χ1v) is 7.21. The topological polar surface area (TPSA) is 29.4 Å². The molecule has 15 heavy (non-hydrogen) atoms. The zero-order chi connectivity index (χ0) is 10.7. The molecule has 1 aliphatic heterocycles. The SMILES string of the molecule is CCSC1=N/C(=C/c2ccsc2)C(=O)S1. The lowest BCUT2D eigenvalue weighted by Crippen LogP contribution is -1.87. The van der Waals surface area contributed by atoms with Gasteiger partial charge in [-0.05, 0) is 46.0 Å². The number of carbonyl (C=O) groups excluding carboxylic acids is 1. The van der Waals surface area contributed by atoms with Crippen LogP contribution in [0.15, 0.2) is 27.5 Å². The van der Waals surface area contributed by atoms with Crippen molar-refractivity contribution in [2.75, 3.05) is 5.75 Å². The highest BCUT2D eigenvalue weighted by Gasteiger charge is 2.21. The first kappa shape index (κ1) is 11.0. The Balaban J connectivity index is 2.19. The molecular formula is C10H9NOS3. The van der Waals surface area contributed by atoms with Gasteiger partial charge in [0.1, 0.15) is 10.1 Å². The predicted molar refractivity (Wildman–Crippen MR) is 70.5 cm³/mol. The molecule has 0 spiro atoms. The Labute approximate surface area is 101 Å². The van der Waals surface area contributed by atoms with Crippen LogP contribution in [0, 0.1) is 0 Å². The Bertz CT molecular complexity index is 420. The van der Waals surface area contributed by atoms with Crippen molar-refractivity contribution < 1.29 is 4.79 Å². The van der Waals surface area contributed by atoms with Crippen LogP contribution in [0.25, 0.3) is 6.08 Å². The van der Waals surface area contributed by atoms with Crippen LogP contribution < -0.4 is 0 Å². The van der Waals surface area contributed by atoms with E-state index in [1.54, 1.807) is 23.1 Å². The van der Waals surface area contributed by atoms with Crippen molar-refractivity contribution >= 4 is 50.4 Å². The van der Waals surface area contributed by atoms with Gasteiger partial charge in [0.2, 0.25) is 5.12 Å². The second-order valence-corrected chi connectivity index (χ2v) is 6.04. The van der Waals surface area contributed by atoms with Gasteiger partial charge in [0.25, 0.3) is 0 Å². The molecule has 1 aliphatic rings. The van der Waals surface area contributed by atoms with Crippen LogP contribution in [0.2, 0.25) is 0 Å². The molecule has 1 aromatic heterocycles. The Morgan fingerprint density at radius 1 is 1.60 bits per heavy atom. The lowest BCUT2D eigenvalue weighted by atomic mass is 10.3. The van der Waals surface area contributed by atoms with E-state index in [0.717, 1.165) is 15.7 Å². The fourth-order valence-electron chi connectivity index (χ4n) is 1.09. The zero-order valence-electron chi connectivity index (χ0n) is 8.10. The van der Waals surface area contributed by atoms with Gasteiger partial charge in [0.05, 0.1) is 0 Å². The molecule has 0 aliphatic carbocycles. The van der Waals surface area contributed by atoms with Gasteiger partial charge in [-0.1, -0.05) is 18.7 Å². The third kappa shape index (κ3) is 2.74. The summed E-state index contributed by atoms with van der Waals surface area (Å²) in [6, 6.07) is 1.98. The van der Waals surface area contributed by atoms with E-state index in [1.165, 1.54) is 11.8 Å². The van der Waals surface area contributed by atoms with Crippen molar-refractivity contribution in [3.8, 4) is 0 Å². The van der Waals surface area contributed by atoms with Crippen LogP contribution in [0.3, 0.4) is 0 Å². The lowest BCUT2D eigenvalue weighted by Gasteiger charge is -1.89. The predicted octanol–water partition coefficient (Wildman–Crippen LogP) is 3.47. The molecule has 0 atom stereocenters. The number of hydrogen-bond donors (Lipinski definition) is 0. The average molecular weight is 255 g/mol. The summed E-state index contributed by atoms with van der Waals surface area (Å²) in [7, 11) is 0. The number of aliphatic imine (C=N–C) groups is 1. The monoisotopic (exact) mass is 255 g/mol. The van der Waals surface area contributed by atoms with E-state index in [9.17, 15) is 4.79 Å². The number of nitrogens with zero attached hydrogens (tertiary/aromatic N) is 1. The molecule has 0 amide bonds. The highest BCUT2D eigenvalue weighted by atomic mass is 32.2. The van der Waals surface area contributed by atoms with Crippen molar-refractivity contribution in [2.24, 2.45) is 4.99 Å². The highest BCUT2D eigenvalue weighted by Crippen LogP contribution is 2.30. The molecule has 0 saturated heterocycles. The van der Waals surface area contributed by atoms with Crippen molar-refractivity contribution in [1.29, 1.82) is 0 Å². The van der Waals surface area contributed by atoms with Crippen LogP contribution in [0.1, 0.15) is 12.5 Å². The van der Waals surface area contributed by atoms with Gasteiger partial charge in [0.15, 0.2) is 0 Å². The molecule has 0 bridgehead atoms. The summed E-state index contributed by atoms with van der Waals surface area (Å²) >= 11 is 4.46. The van der Waals surface area contributed by atoms with Crippen LogP contribution in [0.5, 0.6) is 0 Å². The minimum absolute atomic E-state index is 0.0529. The first-order chi connectivity index (χ1) is 7.29. The van der Waals surface area contributed by atoms with Gasteiger partial charge in [-0.25, -0.2) is 4.99 Å². The first-order valence-electron chi connectivity index (χ1n) is 4.47. The second kappa shape index (κ2) is 5.01. The average Bonchev–Trinajstić information content (AvgIpc) is 2.79. The van der Waals surface area contributed by atoms with E-state index in [-0.39, 0.29) is 5.12 Å². The number of carbonyl (C=O) groups is 1. The Morgan fingerprint density at radius 2 is 2.47 bits per heavy atom. The number of thioether (sulfide) groups is 2. The maximum Gasteiger partial charge on any atom is 0.244 e. The largest absolute Gasteiger partial charge is 0.279 e. The molecule has 0 N–H and O–H groups in total. The highest BCUT2D eigenvalue weighted by molar-refractivity contribution is 8.45. The molecule has 0 saturated carbocycles. The number of hydrogen-bond acceptors (Lipinski definition) is 5. The maximum atomic E-state index is 11.6. The van der Waals surface area contributed by atoms with Gasteiger partial charge in [-0.3, -0.25) is 4.79 Å². The van der Waals surface area contributed by atoms with Gasteiger partial charge >= 0.3 is 0 Å². The van der Waals surface area contributed by atoms with Crippen LogP contribution >= 0.6 is 34.9 Å². The second-order valence-electron chi connectivity index (χ2n) is 2.79. The zero-order valence-corrected chi connectivity index (χ0v) is 10.5. The number of thiophene rings is 1. The molecule has 0 aromatic carbocycles. The molecule has 2 heterocycles. The molecule has 0 unspecified atom stereocenters. The van der Waals surface area contributed by atoms with E-state index >= 15 is 0 Å². The molecule has 2 rings (SSSR count). The van der Waals surface area contributed by atoms with E-state index in [2.05, 4.69) is 11.9 Å². The van der Waals surface area contributed by atoms with E-state index in [0.29, 0.717) is 5.70 Å². The summed E-state index contributed by atoms with van der Waals surface area (Å²) in [5.74, 6) is 0.949. The summed E-state index contributed by atoms with van der Waals surface area (Å²) < 4.78 is 0.865. The molecular weight excluding hydrogens is 246 g/mol. The van der Waals surface area contributed by atoms with Gasteiger partial charge in [-0.15, -0.1) is 0 Å². The van der Waals surface area contributed by atoms with Gasteiger partial charge in [-0.2, -0.15) is 11.3 Å². The smallest absolute Gasteiger partial charge is 0.244 e. The summed E-state index contributed by atoms with van der Waals surface area (Å²) in [5.41, 5.74) is 1.62. The summed E-state index contributed by atoms with van der Waals surface area (Å²) in [5, 5.41) is 4.05. The van der Waals surface area contributed by atoms with E-state index in [1.807, 2.05) is 22.9 Å². The Morgan fingerprint density at radius 3 is 3.13 bits per heavy atom. The normalized spacial score (nSPS) is 18.6. The molecule has 2 nitrogen and oxygen atoms in total. The molecule has 0 fully saturated rings. The van der Waals surface area contributed by atoms with Crippen molar-refractivity contribution in [1.82, 2.24) is 0 Å². The van der Waals surface area contributed by atoms with Gasteiger partial charge < -0.3 is 0 Å². The van der Waals surface area contributed by atoms with Crippen LogP contribution in [0.4, 0.5) is 0 Å². The third-order valence-corrected chi connectivity index (χ3v) is 4.31. The van der Waals surface area contributed by atoms with E-state index in [4.69, 9.17) is 0 Å². The molecule has 0 radical (unpaired) electrons. The maximum absolute atomic E-state index is 11.6. The quantitative estimate of drug-likeness (QED) is 0.758. The summed E-state index contributed by atoms with van der Waals surface area (Å²) in [6.45, 7) is 2.05. The standard InChI is InChI=1S/C10H9NOS3/c1-2-14-10-11-8(9(12)15-10)5-7-3-4-13-6-7/h3-6H,2H2,1H3/b8-5+.